The number of rotatable bonds is 9. The highest BCUT2D eigenvalue weighted by Gasteiger charge is 2.26. The molecule has 0 saturated carbocycles. The summed E-state index contributed by atoms with van der Waals surface area (Å²) in [6.07, 6.45) is 0.133. The van der Waals surface area contributed by atoms with Gasteiger partial charge in [-0.25, -0.2) is 0 Å². The van der Waals surface area contributed by atoms with Crippen LogP contribution in [0.2, 0.25) is 0 Å². The van der Waals surface area contributed by atoms with Gasteiger partial charge in [0, 0.05) is 6.54 Å². The molecule has 6 nitrogen and oxygen atoms in total. The molecule has 0 aromatic heterocycles. The Bertz CT molecular complexity index is 1040. The highest BCUT2D eigenvalue weighted by molar-refractivity contribution is 5.97. The van der Waals surface area contributed by atoms with Crippen molar-refractivity contribution in [3.8, 4) is 11.8 Å². The number of esters is 1. The summed E-state index contributed by atoms with van der Waals surface area (Å²) in [7, 11) is 1.51. The zero-order chi connectivity index (χ0) is 22.8. The van der Waals surface area contributed by atoms with Crippen molar-refractivity contribution in [3.05, 3.63) is 96.1 Å². The second kappa shape index (κ2) is 11.3. The van der Waals surface area contributed by atoms with Crippen LogP contribution in [0.4, 0.5) is 5.69 Å². The van der Waals surface area contributed by atoms with E-state index in [1.807, 2.05) is 66.7 Å². The van der Waals surface area contributed by atoms with E-state index >= 15 is 0 Å². The van der Waals surface area contributed by atoms with E-state index in [9.17, 15) is 9.59 Å². The van der Waals surface area contributed by atoms with Crippen LogP contribution in [0.3, 0.4) is 0 Å². The Kier molecular flexibility index (Phi) is 7.99. The largest absolute Gasteiger partial charge is 0.495 e. The Morgan fingerprint density at radius 2 is 1.47 bits per heavy atom. The SMILES string of the molecule is COc1ccccc1N(CCC#N)C(=O)COC(=O)C(c1ccccc1)c1ccccc1. The van der Waals surface area contributed by atoms with E-state index in [0.717, 1.165) is 11.1 Å². The number of hydrogen-bond acceptors (Lipinski definition) is 5. The van der Waals surface area contributed by atoms with Crippen LogP contribution in [-0.4, -0.2) is 32.1 Å². The minimum atomic E-state index is -0.649. The Labute approximate surface area is 187 Å². The zero-order valence-electron chi connectivity index (χ0n) is 17.8. The molecule has 1 amide bonds. The van der Waals surface area contributed by atoms with E-state index in [1.54, 1.807) is 24.3 Å². The van der Waals surface area contributed by atoms with Crippen LogP contribution in [0.25, 0.3) is 0 Å². The zero-order valence-corrected chi connectivity index (χ0v) is 17.8. The molecule has 0 spiro atoms. The first-order valence-corrected chi connectivity index (χ1v) is 10.2. The van der Waals surface area contributed by atoms with Crippen LogP contribution in [0.5, 0.6) is 5.75 Å². The normalized spacial score (nSPS) is 10.3. The lowest BCUT2D eigenvalue weighted by atomic mass is 9.91. The fourth-order valence-corrected chi connectivity index (χ4v) is 3.44. The third kappa shape index (κ3) is 5.52. The van der Waals surface area contributed by atoms with E-state index in [-0.39, 0.29) is 13.0 Å². The average Bonchev–Trinajstić information content (AvgIpc) is 2.84. The summed E-state index contributed by atoms with van der Waals surface area (Å²) in [5.74, 6) is -1.10. The summed E-state index contributed by atoms with van der Waals surface area (Å²) >= 11 is 0. The van der Waals surface area contributed by atoms with E-state index in [0.29, 0.717) is 11.4 Å². The van der Waals surface area contributed by atoms with Gasteiger partial charge in [-0.05, 0) is 23.3 Å². The highest BCUT2D eigenvalue weighted by atomic mass is 16.5. The topological polar surface area (TPSA) is 79.6 Å². The van der Waals surface area contributed by atoms with E-state index < -0.39 is 24.4 Å². The van der Waals surface area contributed by atoms with Gasteiger partial charge in [0.1, 0.15) is 11.7 Å². The molecule has 3 rings (SSSR count). The molecule has 0 saturated heterocycles. The number of amides is 1. The Morgan fingerprint density at radius 3 is 2.03 bits per heavy atom. The molecule has 32 heavy (non-hydrogen) atoms. The van der Waals surface area contributed by atoms with E-state index in [4.69, 9.17) is 14.7 Å². The lowest BCUT2D eigenvalue weighted by Gasteiger charge is -2.24. The van der Waals surface area contributed by atoms with Gasteiger partial charge in [-0.15, -0.1) is 0 Å². The first kappa shape index (κ1) is 22.6. The number of anilines is 1. The molecular formula is C26H24N2O4. The van der Waals surface area contributed by atoms with Crippen LogP contribution in [0.1, 0.15) is 23.5 Å². The minimum Gasteiger partial charge on any atom is -0.495 e. The fourth-order valence-electron chi connectivity index (χ4n) is 3.44. The van der Waals surface area contributed by atoms with Crippen molar-refractivity contribution in [2.24, 2.45) is 0 Å². The molecule has 0 unspecified atom stereocenters. The van der Waals surface area contributed by atoms with Crippen LogP contribution in [0, 0.1) is 11.3 Å². The van der Waals surface area contributed by atoms with E-state index in [1.165, 1.54) is 12.0 Å². The lowest BCUT2D eigenvalue weighted by Crippen LogP contribution is -2.36. The second-order valence-electron chi connectivity index (χ2n) is 6.99. The number of carbonyl (C=O) groups excluding carboxylic acids is 2. The van der Waals surface area contributed by atoms with Crippen LogP contribution in [-0.2, 0) is 14.3 Å². The van der Waals surface area contributed by atoms with Gasteiger partial charge in [0.25, 0.3) is 5.91 Å². The standard InChI is InChI=1S/C26H24N2O4/c1-31-23-16-9-8-15-22(23)28(18-10-17-27)24(29)19-32-26(30)25(20-11-4-2-5-12-20)21-13-6-3-7-14-21/h2-9,11-16,25H,10,18-19H2,1H3. The average molecular weight is 428 g/mol. The van der Waals surface area contributed by atoms with Gasteiger partial charge in [-0.2, -0.15) is 5.26 Å². The maximum absolute atomic E-state index is 13.1. The van der Waals surface area contributed by atoms with Gasteiger partial charge in [0.05, 0.1) is 25.3 Å². The Hall–Kier alpha value is -4.11. The van der Waals surface area contributed by atoms with Crippen LogP contribution >= 0.6 is 0 Å². The first-order valence-electron chi connectivity index (χ1n) is 10.2. The maximum Gasteiger partial charge on any atom is 0.318 e. The molecule has 0 radical (unpaired) electrons. The van der Waals surface area contributed by atoms with E-state index in [2.05, 4.69) is 0 Å². The monoisotopic (exact) mass is 428 g/mol. The first-order chi connectivity index (χ1) is 15.7. The second-order valence-corrected chi connectivity index (χ2v) is 6.99. The number of nitriles is 1. The van der Waals surface area contributed by atoms with Gasteiger partial charge in [0.15, 0.2) is 6.61 Å². The number of nitrogens with zero attached hydrogens (tertiary/aromatic N) is 2. The van der Waals surface area contributed by atoms with Gasteiger partial charge < -0.3 is 14.4 Å². The van der Waals surface area contributed by atoms with Crippen molar-refractivity contribution in [1.29, 1.82) is 5.26 Å². The van der Waals surface area contributed by atoms with Gasteiger partial charge in [-0.3, -0.25) is 9.59 Å². The minimum absolute atomic E-state index is 0.133. The number of para-hydroxylation sites is 2. The smallest absolute Gasteiger partial charge is 0.318 e. The summed E-state index contributed by atoms with van der Waals surface area (Å²) in [4.78, 5) is 27.5. The summed E-state index contributed by atoms with van der Waals surface area (Å²) in [6, 6.07) is 27.7. The van der Waals surface area contributed by atoms with Crippen molar-refractivity contribution in [2.75, 3.05) is 25.2 Å². The fraction of sp³-hybridized carbons (Fsp3) is 0.192. The summed E-state index contributed by atoms with van der Waals surface area (Å²) in [5, 5.41) is 9.01. The van der Waals surface area contributed by atoms with Gasteiger partial charge >= 0.3 is 5.97 Å². The summed E-state index contributed by atoms with van der Waals surface area (Å²) in [6.45, 7) is -0.285. The van der Waals surface area contributed by atoms with Crippen LogP contribution < -0.4 is 9.64 Å². The Morgan fingerprint density at radius 1 is 0.906 bits per heavy atom. The van der Waals surface area contributed by atoms with Gasteiger partial charge in [0.2, 0.25) is 0 Å². The Balaban J connectivity index is 1.79. The highest BCUT2D eigenvalue weighted by Crippen LogP contribution is 2.29. The molecule has 0 aliphatic rings. The van der Waals surface area contributed by atoms with Crippen molar-refractivity contribution in [1.82, 2.24) is 0 Å². The molecule has 0 atom stereocenters. The number of methoxy groups -OCH3 is 1. The third-order valence-electron chi connectivity index (χ3n) is 4.96. The molecule has 0 aliphatic heterocycles. The predicted octanol–water partition coefficient (Wildman–Crippen LogP) is 4.32. The van der Waals surface area contributed by atoms with Crippen molar-refractivity contribution < 1.29 is 19.1 Å². The number of hydrogen-bond donors (Lipinski definition) is 0. The van der Waals surface area contributed by atoms with Gasteiger partial charge in [-0.1, -0.05) is 72.8 Å². The number of ether oxygens (including phenoxy) is 2. The molecule has 0 aliphatic carbocycles. The quantitative estimate of drug-likeness (QED) is 0.474. The molecule has 0 fully saturated rings. The number of carbonyl (C=O) groups is 2. The summed E-state index contributed by atoms with van der Waals surface area (Å²) < 4.78 is 10.8. The maximum atomic E-state index is 13.1. The lowest BCUT2D eigenvalue weighted by molar-refractivity contribution is -0.148. The summed E-state index contributed by atoms with van der Waals surface area (Å²) in [5.41, 5.74) is 2.08. The third-order valence-corrected chi connectivity index (χ3v) is 4.96. The molecule has 3 aromatic rings. The molecule has 0 heterocycles. The van der Waals surface area contributed by atoms with Crippen LogP contribution in [0.15, 0.2) is 84.9 Å². The van der Waals surface area contributed by atoms with Crippen molar-refractivity contribution in [3.63, 3.8) is 0 Å². The number of benzene rings is 3. The van der Waals surface area contributed by atoms with Crippen molar-refractivity contribution in [2.45, 2.75) is 12.3 Å². The predicted molar refractivity (Wildman–Crippen MR) is 121 cm³/mol. The molecule has 0 N–H and O–H groups in total. The molecule has 3 aromatic carbocycles. The van der Waals surface area contributed by atoms with Crippen molar-refractivity contribution >= 4 is 17.6 Å². The molecule has 0 bridgehead atoms. The molecule has 6 heteroatoms. The molecular weight excluding hydrogens is 404 g/mol. The molecule has 162 valence electrons.